The van der Waals surface area contributed by atoms with E-state index < -0.39 is 11.0 Å². The molecule has 102 valence electrons. The number of hydrogen-bond acceptors (Lipinski definition) is 2. The molecule has 0 spiro atoms. The standard InChI is InChI=1S/C13H7Cl3N2OS/c14-8-6-9(15)11-12(10(8)16)20(19)18-13(17-11)7-4-2-1-3-5-7/h1-6H,(H,17,18). The topological polar surface area (TPSA) is 41.5 Å². The van der Waals surface area contributed by atoms with Gasteiger partial charge < -0.3 is 5.32 Å². The molecule has 0 fully saturated rings. The zero-order valence-electron chi connectivity index (χ0n) is 9.86. The molecule has 0 aliphatic carbocycles. The van der Waals surface area contributed by atoms with Gasteiger partial charge in [-0.25, -0.2) is 4.21 Å². The highest BCUT2D eigenvalue weighted by atomic mass is 35.5. The van der Waals surface area contributed by atoms with Crippen molar-refractivity contribution in [3.63, 3.8) is 0 Å². The van der Waals surface area contributed by atoms with Crippen LogP contribution in [0.3, 0.4) is 0 Å². The average molecular weight is 346 g/mol. The minimum atomic E-state index is -1.65. The molecule has 2 aromatic rings. The van der Waals surface area contributed by atoms with Crippen molar-refractivity contribution in [1.29, 1.82) is 0 Å². The SMILES string of the molecule is O=S1N=C(c2ccccc2)Nc2c(Cl)cc(Cl)c(Cl)c21. The van der Waals surface area contributed by atoms with Gasteiger partial charge in [0.1, 0.15) is 10.7 Å². The number of hydrogen-bond donors (Lipinski definition) is 1. The van der Waals surface area contributed by atoms with Crippen LogP contribution in [0.5, 0.6) is 0 Å². The number of anilines is 1. The van der Waals surface area contributed by atoms with Crippen LogP contribution in [0, 0.1) is 0 Å². The van der Waals surface area contributed by atoms with Crippen LogP contribution in [0.1, 0.15) is 5.56 Å². The number of benzene rings is 2. The van der Waals surface area contributed by atoms with Gasteiger partial charge in [0.2, 0.25) is 0 Å². The summed E-state index contributed by atoms with van der Waals surface area (Å²) in [4.78, 5) is 0.309. The Morgan fingerprint density at radius 2 is 1.75 bits per heavy atom. The lowest BCUT2D eigenvalue weighted by atomic mass is 10.2. The molecule has 20 heavy (non-hydrogen) atoms. The first-order valence-electron chi connectivity index (χ1n) is 5.58. The molecule has 0 bridgehead atoms. The molecule has 2 aromatic carbocycles. The van der Waals surface area contributed by atoms with E-state index in [0.29, 0.717) is 21.4 Å². The molecule has 0 amide bonds. The molecule has 1 unspecified atom stereocenters. The van der Waals surface area contributed by atoms with Crippen molar-refractivity contribution in [2.24, 2.45) is 4.40 Å². The number of amidine groups is 1. The third-order valence-corrected chi connectivity index (χ3v) is 5.07. The molecule has 3 rings (SSSR count). The molecule has 0 saturated carbocycles. The lowest BCUT2D eigenvalue weighted by Crippen LogP contribution is -2.20. The highest BCUT2D eigenvalue weighted by Gasteiger charge is 2.26. The molecule has 1 heterocycles. The summed E-state index contributed by atoms with van der Waals surface area (Å²) >= 11 is 18.2. The van der Waals surface area contributed by atoms with E-state index in [2.05, 4.69) is 9.71 Å². The molecule has 1 atom stereocenters. The second-order valence-corrected chi connectivity index (χ2v) is 6.32. The van der Waals surface area contributed by atoms with Crippen LogP contribution in [0.25, 0.3) is 0 Å². The third kappa shape index (κ3) is 2.33. The summed E-state index contributed by atoms with van der Waals surface area (Å²) in [6, 6.07) is 10.9. The molecule has 0 radical (unpaired) electrons. The van der Waals surface area contributed by atoms with E-state index in [1.807, 2.05) is 30.3 Å². The van der Waals surface area contributed by atoms with E-state index in [1.165, 1.54) is 6.07 Å². The van der Waals surface area contributed by atoms with Crippen molar-refractivity contribution < 1.29 is 4.21 Å². The maximum Gasteiger partial charge on any atom is 0.178 e. The van der Waals surface area contributed by atoms with Crippen molar-refractivity contribution in [3.05, 3.63) is 57.0 Å². The van der Waals surface area contributed by atoms with E-state index in [1.54, 1.807) is 0 Å². The number of rotatable bonds is 1. The first-order chi connectivity index (χ1) is 9.58. The van der Waals surface area contributed by atoms with Crippen LogP contribution < -0.4 is 5.32 Å². The van der Waals surface area contributed by atoms with E-state index in [9.17, 15) is 4.21 Å². The number of nitrogens with one attached hydrogen (secondary N) is 1. The van der Waals surface area contributed by atoms with E-state index >= 15 is 0 Å². The van der Waals surface area contributed by atoms with Crippen LogP contribution >= 0.6 is 34.8 Å². The smallest absolute Gasteiger partial charge is 0.178 e. The number of halogens is 3. The lowest BCUT2D eigenvalue weighted by Gasteiger charge is -2.20. The van der Waals surface area contributed by atoms with E-state index in [0.717, 1.165) is 5.56 Å². The van der Waals surface area contributed by atoms with Crippen molar-refractivity contribution in [2.45, 2.75) is 4.90 Å². The van der Waals surface area contributed by atoms with Crippen LogP contribution in [0.4, 0.5) is 5.69 Å². The van der Waals surface area contributed by atoms with Gasteiger partial charge in [-0.3, -0.25) is 0 Å². The van der Waals surface area contributed by atoms with Gasteiger partial charge in [-0.1, -0.05) is 65.1 Å². The van der Waals surface area contributed by atoms with Gasteiger partial charge in [0, 0.05) is 5.56 Å². The van der Waals surface area contributed by atoms with Crippen molar-refractivity contribution in [2.75, 3.05) is 5.32 Å². The summed E-state index contributed by atoms with van der Waals surface area (Å²) < 4.78 is 16.4. The van der Waals surface area contributed by atoms with Gasteiger partial charge in [0.25, 0.3) is 0 Å². The summed E-state index contributed by atoms with van der Waals surface area (Å²) in [7, 11) is -1.65. The summed E-state index contributed by atoms with van der Waals surface area (Å²) in [6.07, 6.45) is 0. The van der Waals surface area contributed by atoms with Crippen molar-refractivity contribution in [1.82, 2.24) is 0 Å². The molecule has 1 aliphatic rings. The largest absolute Gasteiger partial charge is 0.337 e. The first-order valence-corrected chi connectivity index (χ1v) is 7.82. The van der Waals surface area contributed by atoms with Gasteiger partial charge in [-0.2, -0.15) is 4.40 Å². The van der Waals surface area contributed by atoms with Crippen LogP contribution in [-0.4, -0.2) is 10.0 Å². The second-order valence-electron chi connectivity index (χ2n) is 4.04. The van der Waals surface area contributed by atoms with Crippen LogP contribution in [0.15, 0.2) is 45.7 Å². The van der Waals surface area contributed by atoms with Crippen molar-refractivity contribution in [3.8, 4) is 0 Å². The van der Waals surface area contributed by atoms with Crippen LogP contribution in [0.2, 0.25) is 15.1 Å². The Kier molecular flexibility index (Phi) is 3.73. The normalized spacial score (nSPS) is 17.1. The summed E-state index contributed by atoms with van der Waals surface area (Å²) in [5.74, 6) is 0.483. The monoisotopic (exact) mass is 344 g/mol. The molecule has 0 aromatic heterocycles. The van der Waals surface area contributed by atoms with E-state index in [4.69, 9.17) is 34.8 Å². The maximum absolute atomic E-state index is 12.3. The Morgan fingerprint density at radius 1 is 1.05 bits per heavy atom. The Balaban J connectivity index is 2.15. The highest BCUT2D eigenvalue weighted by molar-refractivity contribution is 7.84. The minimum absolute atomic E-state index is 0.202. The zero-order chi connectivity index (χ0) is 14.3. The maximum atomic E-state index is 12.3. The second kappa shape index (κ2) is 5.37. The predicted molar refractivity (Wildman–Crippen MR) is 84.5 cm³/mol. The van der Waals surface area contributed by atoms with Crippen LogP contribution in [-0.2, 0) is 11.0 Å². The number of fused-ring (bicyclic) bond motifs is 1. The summed E-state index contributed by atoms with van der Waals surface area (Å²) in [5.41, 5.74) is 1.29. The van der Waals surface area contributed by atoms with Gasteiger partial charge in [-0.05, 0) is 6.07 Å². The Labute approximate surface area is 133 Å². The third-order valence-electron chi connectivity index (χ3n) is 2.77. The Hall–Kier alpha value is -1.07. The lowest BCUT2D eigenvalue weighted by molar-refractivity contribution is 0.684. The molecular formula is C13H7Cl3N2OS. The molecule has 3 nitrogen and oxygen atoms in total. The van der Waals surface area contributed by atoms with Gasteiger partial charge >= 0.3 is 0 Å². The van der Waals surface area contributed by atoms with E-state index in [-0.39, 0.29) is 10.0 Å². The molecule has 7 heteroatoms. The number of nitrogens with zero attached hydrogens (tertiary/aromatic N) is 1. The Bertz CT molecular complexity index is 747. The summed E-state index contributed by atoms with van der Waals surface area (Å²) in [6.45, 7) is 0. The van der Waals surface area contributed by atoms with Gasteiger partial charge in [-0.15, -0.1) is 0 Å². The summed E-state index contributed by atoms with van der Waals surface area (Å²) in [5, 5.41) is 3.87. The highest BCUT2D eigenvalue weighted by Crippen LogP contribution is 2.41. The first kappa shape index (κ1) is 13.9. The molecule has 1 aliphatic heterocycles. The van der Waals surface area contributed by atoms with Crippen molar-refractivity contribution >= 4 is 57.3 Å². The minimum Gasteiger partial charge on any atom is -0.337 e. The quantitative estimate of drug-likeness (QED) is 0.771. The molecule has 0 saturated heterocycles. The fourth-order valence-electron chi connectivity index (χ4n) is 1.84. The Morgan fingerprint density at radius 3 is 2.45 bits per heavy atom. The zero-order valence-corrected chi connectivity index (χ0v) is 12.9. The fourth-order valence-corrected chi connectivity index (χ4v) is 3.82. The van der Waals surface area contributed by atoms with Gasteiger partial charge in [0.05, 0.1) is 20.8 Å². The molecular weight excluding hydrogens is 339 g/mol. The van der Waals surface area contributed by atoms with Gasteiger partial charge in [0.15, 0.2) is 11.0 Å². The fraction of sp³-hybridized carbons (Fsp3) is 0. The molecule has 1 N–H and O–H groups in total. The predicted octanol–water partition coefficient (Wildman–Crippen LogP) is 4.54. The average Bonchev–Trinajstić information content (AvgIpc) is 2.45.